The maximum atomic E-state index is 13.5. The predicted molar refractivity (Wildman–Crippen MR) is 158 cm³/mol. The number of pyridine rings is 2. The van der Waals surface area contributed by atoms with Gasteiger partial charge in [-0.05, 0) is 55.0 Å². The van der Waals surface area contributed by atoms with Crippen LogP contribution in [0, 0.1) is 17.1 Å². The molecule has 5 aromatic rings. The van der Waals surface area contributed by atoms with E-state index in [4.69, 9.17) is 15.0 Å². The molecule has 41 heavy (non-hydrogen) atoms. The Hall–Kier alpha value is -4.82. The third-order valence-corrected chi connectivity index (χ3v) is 8.34. The van der Waals surface area contributed by atoms with Crippen molar-refractivity contribution in [1.82, 2.24) is 24.3 Å². The second-order valence-corrected chi connectivity index (χ2v) is 10.7. The number of nitrogens with zero attached hydrogens (tertiary/aromatic N) is 8. The van der Waals surface area contributed by atoms with E-state index in [-0.39, 0.29) is 5.82 Å². The van der Waals surface area contributed by atoms with Gasteiger partial charge in [-0.1, -0.05) is 18.3 Å². The van der Waals surface area contributed by atoms with Crippen LogP contribution in [-0.2, 0) is 11.2 Å². The molecule has 4 aromatic heterocycles. The number of halogens is 1. The third kappa shape index (κ3) is 4.98. The Balaban J connectivity index is 1.33. The molecule has 5 heterocycles. The molecular weight excluding hydrogens is 539 g/mol. The Labute approximate surface area is 240 Å². The van der Waals surface area contributed by atoms with Crippen molar-refractivity contribution < 1.29 is 9.18 Å². The smallest absolute Gasteiger partial charge is 0.209 e. The molecule has 11 heteroatoms. The minimum absolute atomic E-state index is 0.337. The van der Waals surface area contributed by atoms with E-state index in [0.29, 0.717) is 40.8 Å². The molecule has 206 valence electrons. The zero-order chi connectivity index (χ0) is 28.5. The van der Waals surface area contributed by atoms with Gasteiger partial charge >= 0.3 is 0 Å². The van der Waals surface area contributed by atoms with Crippen molar-refractivity contribution in [2.75, 3.05) is 43.0 Å². The number of amides is 1. The van der Waals surface area contributed by atoms with Crippen molar-refractivity contribution in [3.8, 4) is 28.5 Å². The predicted octanol–water partition coefficient (Wildman–Crippen LogP) is 5.14. The number of imidazole rings is 1. The van der Waals surface area contributed by atoms with Crippen LogP contribution in [0.15, 0.2) is 60.9 Å². The largest absolute Gasteiger partial charge is 0.353 e. The molecule has 6 rings (SSSR count). The molecule has 0 saturated carbocycles. The van der Waals surface area contributed by atoms with E-state index in [9.17, 15) is 14.4 Å². The number of benzene rings is 1. The molecule has 1 amide bonds. The zero-order valence-electron chi connectivity index (χ0n) is 22.7. The first-order valence-electron chi connectivity index (χ1n) is 13.3. The van der Waals surface area contributed by atoms with Gasteiger partial charge in [0.05, 0.1) is 5.69 Å². The first-order chi connectivity index (χ1) is 20.0. The van der Waals surface area contributed by atoms with E-state index < -0.39 is 0 Å². The fourth-order valence-corrected chi connectivity index (χ4v) is 5.92. The quantitative estimate of drug-likeness (QED) is 0.252. The van der Waals surface area contributed by atoms with Gasteiger partial charge < -0.3 is 14.7 Å². The van der Waals surface area contributed by atoms with Gasteiger partial charge in [-0.25, -0.2) is 19.3 Å². The number of anilines is 3. The highest BCUT2D eigenvalue weighted by Gasteiger charge is 2.22. The highest BCUT2D eigenvalue weighted by molar-refractivity contribution is 7.16. The van der Waals surface area contributed by atoms with E-state index in [1.807, 2.05) is 46.9 Å². The number of carbonyl (C=O) groups is 1. The molecule has 0 radical (unpaired) electrons. The zero-order valence-corrected chi connectivity index (χ0v) is 23.5. The lowest BCUT2D eigenvalue weighted by Crippen LogP contribution is -2.45. The second-order valence-electron chi connectivity index (χ2n) is 9.77. The number of hydrogen-bond acceptors (Lipinski definition) is 8. The van der Waals surface area contributed by atoms with Crippen LogP contribution in [0.5, 0.6) is 0 Å². The van der Waals surface area contributed by atoms with Crippen LogP contribution in [-0.4, -0.2) is 63.9 Å². The van der Waals surface area contributed by atoms with Gasteiger partial charge in [-0.2, -0.15) is 5.26 Å². The molecule has 9 nitrogen and oxygen atoms in total. The number of piperazine rings is 1. The molecule has 0 aliphatic carbocycles. The van der Waals surface area contributed by atoms with Crippen LogP contribution in [0.25, 0.3) is 28.0 Å². The lowest BCUT2D eigenvalue weighted by atomic mass is 10.1. The second kappa shape index (κ2) is 11.0. The summed E-state index contributed by atoms with van der Waals surface area (Å²) in [5, 5.41) is 10.4. The van der Waals surface area contributed by atoms with Gasteiger partial charge in [0.25, 0.3) is 0 Å². The van der Waals surface area contributed by atoms with Crippen LogP contribution >= 0.6 is 11.3 Å². The highest BCUT2D eigenvalue weighted by atomic mass is 32.1. The Morgan fingerprint density at radius 3 is 2.41 bits per heavy atom. The van der Waals surface area contributed by atoms with E-state index in [1.165, 1.54) is 23.5 Å². The molecule has 0 bridgehead atoms. The van der Waals surface area contributed by atoms with Crippen molar-refractivity contribution in [3.63, 3.8) is 0 Å². The molecule has 1 aromatic carbocycles. The molecule has 0 unspecified atom stereocenters. The number of carbonyl (C=O) groups excluding carboxylic acids is 1. The summed E-state index contributed by atoms with van der Waals surface area (Å²) in [5.74, 6) is 1.42. The normalized spacial score (nSPS) is 13.4. The molecule has 1 aliphatic heterocycles. The van der Waals surface area contributed by atoms with Gasteiger partial charge in [0.15, 0.2) is 5.13 Å². The van der Waals surface area contributed by atoms with Gasteiger partial charge in [0.1, 0.15) is 39.7 Å². The Kier molecular flexibility index (Phi) is 7.07. The van der Waals surface area contributed by atoms with Crippen molar-refractivity contribution in [3.05, 3.63) is 77.3 Å². The third-order valence-electron chi connectivity index (χ3n) is 7.31. The van der Waals surface area contributed by atoms with Gasteiger partial charge in [0, 0.05) is 62.3 Å². The number of aryl methyl sites for hydroxylation is 1. The molecule has 1 saturated heterocycles. The summed E-state index contributed by atoms with van der Waals surface area (Å²) >= 11 is 1.29. The maximum Gasteiger partial charge on any atom is 0.209 e. The number of rotatable bonds is 7. The van der Waals surface area contributed by atoms with E-state index in [0.717, 1.165) is 53.6 Å². The summed E-state index contributed by atoms with van der Waals surface area (Å²) in [6, 6.07) is 16.4. The van der Waals surface area contributed by atoms with Crippen LogP contribution in [0.2, 0.25) is 0 Å². The van der Waals surface area contributed by atoms with Gasteiger partial charge in [0.2, 0.25) is 6.41 Å². The fourth-order valence-electron chi connectivity index (χ4n) is 5.07. The van der Waals surface area contributed by atoms with Crippen LogP contribution in [0.1, 0.15) is 17.5 Å². The maximum absolute atomic E-state index is 13.5. The lowest BCUT2D eigenvalue weighted by Gasteiger charge is -2.33. The average molecular weight is 567 g/mol. The lowest BCUT2D eigenvalue weighted by molar-refractivity contribution is -0.118. The minimum Gasteiger partial charge on any atom is -0.353 e. The van der Waals surface area contributed by atoms with Crippen molar-refractivity contribution in [2.24, 2.45) is 0 Å². The SMILES string of the molecule is CCc1nc2ccc(-c3ccc(N4CCN(C=O)CC4)nc3)cn2c1N(C)c1nc(-c2ccc(F)cc2)c(C#N)s1. The Bertz CT molecular complexity index is 1750. The van der Waals surface area contributed by atoms with Crippen molar-refractivity contribution in [2.45, 2.75) is 13.3 Å². The summed E-state index contributed by atoms with van der Waals surface area (Å²) in [4.78, 5) is 31.8. The Morgan fingerprint density at radius 1 is 1.02 bits per heavy atom. The standard InChI is InChI=1S/C30H27FN8OS/c1-3-24-29(36(2)30-35-28(25(16-32)41-30)20-4-8-23(31)9-5-20)39-18-22(7-11-27(39)34-24)21-6-10-26(33-17-21)38-14-12-37(19-40)13-15-38/h4-11,17-19H,3,12-15H2,1-2H3. The first kappa shape index (κ1) is 26.4. The summed E-state index contributed by atoms with van der Waals surface area (Å²) < 4.78 is 15.5. The number of thiazole rings is 1. The molecule has 0 atom stereocenters. The molecule has 1 fully saturated rings. The molecule has 1 aliphatic rings. The summed E-state index contributed by atoms with van der Waals surface area (Å²) in [6.07, 6.45) is 5.54. The number of aromatic nitrogens is 4. The van der Waals surface area contributed by atoms with Gasteiger partial charge in [-0.3, -0.25) is 9.20 Å². The average Bonchev–Trinajstić information content (AvgIpc) is 3.63. The van der Waals surface area contributed by atoms with Crippen LogP contribution in [0.4, 0.5) is 21.2 Å². The number of hydrogen-bond donors (Lipinski definition) is 0. The Morgan fingerprint density at radius 2 is 1.76 bits per heavy atom. The molecule has 0 spiro atoms. The number of nitriles is 1. The topological polar surface area (TPSA) is 93.7 Å². The molecular formula is C30H27FN8OS. The fraction of sp³-hybridized carbons (Fsp3) is 0.233. The van der Waals surface area contributed by atoms with Crippen molar-refractivity contribution in [1.29, 1.82) is 5.26 Å². The van der Waals surface area contributed by atoms with Gasteiger partial charge in [-0.15, -0.1) is 0 Å². The summed E-state index contributed by atoms with van der Waals surface area (Å²) in [6.45, 7) is 4.97. The molecule has 0 N–H and O–H groups in total. The van der Waals surface area contributed by atoms with Crippen LogP contribution in [0.3, 0.4) is 0 Å². The highest BCUT2D eigenvalue weighted by Crippen LogP contribution is 2.37. The van der Waals surface area contributed by atoms with E-state index >= 15 is 0 Å². The number of fused-ring (bicyclic) bond motifs is 1. The van der Waals surface area contributed by atoms with Crippen molar-refractivity contribution >= 4 is 40.2 Å². The minimum atomic E-state index is -0.337. The van der Waals surface area contributed by atoms with E-state index in [2.05, 4.69) is 24.0 Å². The summed E-state index contributed by atoms with van der Waals surface area (Å²) in [5.41, 5.74) is 4.90. The van der Waals surface area contributed by atoms with Crippen LogP contribution < -0.4 is 9.80 Å². The summed E-state index contributed by atoms with van der Waals surface area (Å²) in [7, 11) is 1.92. The monoisotopic (exact) mass is 566 g/mol. The van der Waals surface area contributed by atoms with E-state index in [1.54, 1.807) is 17.0 Å². The first-order valence-corrected chi connectivity index (χ1v) is 14.1.